The molecule has 0 saturated heterocycles. The largest absolute Gasteiger partial charge is 0.324 e. The van der Waals surface area contributed by atoms with Gasteiger partial charge in [0.2, 0.25) is 5.91 Å². The fourth-order valence-corrected chi connectivity index (χ4v) is 3.63. The average molecular weight is 377 g/mol. The molecular formula is C16H13BrN2O2S. The van der Waals surface area contributed by atoms with Gasteiger partial charge >= 0.3 is 4.87 Å². The summed E-state index contributed by atoms with van der Waals surface area (Å²) in [5, 5.41) is 2.85. The molecule has 0 saturated carbocycles. The predicted octanol–water partition coefficient (Wildman–Crippen LogP) is 3.77. The zero-order valence-electron chi connectivity index (χ0n) is 11.8. The maximum atomic E-state index is 12.2. The summed E-state index contributed by atoms with van der Waals surface area (Å²) in [4.78, 5) is 24.1. The first-order valence-electron chi connectivity index (χ1n) is 6.69. The third-order valence-corrected chi connectivity index (χ3v) is 4.79. The van der Waals surface area contributed by atoms with Gasteiger partial charge in [-0.2, -0.15) is 0 Å². The molecule has 0 aliphatic carbocycles. The van der Waals surface area contributed by atoms with Gasteiger partial charge in [-0.3, -0.25) is 14.2 Å². The summed E-state index contributed by atoms with van der Waals surface area (Å²) in [6.07, 6.45) is 0. The fourth-order valence-electron chi connectivity index (χ4n) is 2.26. The molecule has 0 atom stereocenters. The highest BCUT2D eigenvalue weighted by atomic mass is 79.9. The molecule has 0 spiro atoms. The summed E-state index contributed by atoms with van der Waals surface area (Å²) in [6.45, 7) is 1.94. The molecule has 1 N–H and O–H groups in total. The molecule has 0 bridgehead atoms. The highest BCUT2D eigenvalue weighted by Gasteiger charge is 2.11. The first kappa shape index (κ1) is 15.0. The average Bonchev–Trinajstić information content (AvgIpc) is 2.78. The maximum Gasteiger partial charge on any atom is 0.308 e. The molecule has 3 aromatic rings. The molecule has 0 aliphatic rings. The summed E-state index contributed by atoms with van der Waals surface area (Å²) in [5.41, 5.74) is 2.51. The molecule has 0 unspecified atom stereocenters. The normalized spacial score (nSPS) is 10.8. The van der Waals surface area contributed by atoms with E-state index in [1.165, 1.54) is 4.57 Å². The van der Waals surface area contributed by atoms with Gasteiger partial charge in [-0.1, -0.05) is 39.4 Å². The Labute approximate surface area is 139 Å². The first-order chi connectivity index (χ1) is 10.5. The quantitative estimate of drug-likeness (QED) is 0.756. The lowest BCUT2D eigenvalue weighted by molar-refractivity contribution is -0.116. The number of anilines is 1. The number of fused-ring (bicyclic) bond motifs is 1. The standard InChI is InChI=1S/C16H13BrN2O2S/c1-10-8-11(17)6-7-12(10)18-15(20)9-19-13-4-2-3-5-14(13)22-16(19)21/h2-8H,9H2,1H3,(H,18,20). The van der Waals surface area contributed by atoms with Gasteiger partial charge in [0.15, 0.2) is 0 Å². The number of nitrogens with one attached hydrogen (secondary N) is 1. The van der Waals surface area contributed by atoms with Crippen LogP contribution < -0.4 is 10.2 Å². The van der Waals surface area contributed by atoms with Crippen molar-refractivity contribution in [1.29, 1.82) is 0 Å². The van der Waals surface area contributed by atoms with E-state index in [1.54, 1.807) is 0 Å². The van der Waals surface area contributed by atoms with Crippen molar-refractivity contribution in [3.8, 4) is 0 Å². The number of carbonyl (C=O) groups excluding carboxylic acids is 1. The molecule has 2 aromatic carbocycles. The van der Waals surface area contributed by atoms with E-state index in [-0.39, 0.29) is 17.3 Å². The number of halogens is 1. The second kappa shape index (κ2) is 6.06. The van der Waals surface area contributed by atoms with Gasteiger partial charge in [-0.25, -0.2) is 0 Å². The lowest BCUT2D eigenvalue weighted by Crippen LogP contribution is -2.24. The number of thiazole rings is 1. The zero-order chi connectivity index (χ0) is 15.7. The third-order valence-electron chi connectivity index (χ3n) is 3.34. The van der Waals surface area contributed by atoms with Gasteiger partial charge in [0.1, 0.15) is 6.54 Å². The molecular weight excluding hydrogens is 364 g/mol. The van der Waals surface area contributed by atoms with Crippen LogP contribution in [0.15, 0.2) is 51.7 Å². The molecule has 1 aromatic heterocycles. The van der Waals surface area contributed by atoms with E-state index in [2.05, 4.69) is 21.2 Å². The fraction of sp³-hybridized carbons (Fsp3) is 0.125. The summed E-state index contributed by atoms with van der Waals surface area (Å²) < 4.78 is 3.35. The lowest BCUT2D eigenvalue weighted by atomic mass is 10.2. The minimum atomic E-state index is -0.212. The SMILES string of the molecule is Cc1cc(Br)ccc1NC(=O)Cn1c(=O)sc2ccccc21. The molecule has 4 nitrogen and oxygen atoms in total. The van der Waals surface area contributed by atoms with Crippen LogP contribution in [-0.4, -0.2) is 10.5 Å². The lowest BCUT2D eigenvalue weighted by Gasteiger charge is -2.09. The van der Waals surface area contributed by atoms with Crippen LogP contribution in [0.2, 0.25) is 0 Å². The van der Waals surface area contributed by atoms with Crippen molar-refractivity contribution < 1.29 is 4.79 Å². The van der Waals surface area contributed by atoms with Crippen LogP contribution in [-0.2, 0) is 11.3 Å². The molecule has 22 heavy (non-hydrogen) atoms. The number of hydrogen-bond acceptors (Lipinski definition) is 3. The van der Waals surface area contributed by atoms with Crippen molar-refractivity contribution in [2.45, 2.75) is 13.5 Å². The van der Waals surface area contributed by atoms with Gasteiger partial charge in [-0.15, -0.1) is 0 Å². The maximum absolute atomic E-state index is 12.2. The Morgan fingerprint density at radius 1 is 1.27 bits per heavy atom. The number of para-hydroxylation sites is 1. The Morgan fingerprint density at radius 2 is 2.05 bits per heavy atom. The predicted molar refractivity (Wildman–Crippen MR) is 93.6 cm³/mol. The van der Waals surface area contributed by atoms with Gasteiger partial charge in [0.25, 0.3) is 0 Å². The summed E-state index contributed by atoms with van der Waals surface area (Å²) in [7, 11) is 0. The second-order valence-electron chi connectivity index (χ2n) is 4.93. The smallest absolute Gasteiger partial charge is 0.308 e. The van der Waals surface area contributed by atoms with Crippen LogP contribution in [0.5, 0.6) is 0 Å². The number of aromatic nitrogens is 1. The highest BCUT2D eigenvalue weighted by Crippen LogP contribution is 2.20. The molecule has 3 rings (SSSR count). The topological polar surface area (TPSA) is 51.1 Å². The number of benzene rings is 2. The number of hydrogen-bond donors (Lipinski definition) is 1. The molecule has 0 radical (unpaired) electrons. The van der Waals surface area contributed by atoms with E-state index in [9.17, 15) is 9.59 Å². The van der Waals surface area contributed by atoms with Crippen LogP contribution in [0.3, 0.4) is 0 Å². The van der Waals surface area contributed by atoms with Crippen LogP contribution in [0.4, 0.5) is 5.69 Å². The number of aryl methyl sites for hydroxylation is 1. The summed E-state index contributed by atoms with van der Waals surface area (Å²) in [5.74, 6) is -0.212. The van der Waals surface area contributed by atoms with Crippen molar-refractivity contribution in [1.82, 2.24) is 4.57 Å². The number of carbonyl (C=O) groups is 1. The van der Waals surface area contributed by atoms with Gasteiger partial charge in [0.05, 0.1) is 10.2 Å². The molecule has 1 amide bonds. The molecule has 1 heterocycles. The third kappa shape index (κ3) is 2.98. The van der Waals surface area contributed by atoms with Crippen molar-refractivity contribution in [3.05, 3.63) is 62.2 Å². The number of amides is 1. The van der Waals surface area contributed by atoms with E-state index >= 15 is 0 Å². The zero-order valence-corrected chi connectivity index (χ0v) is 14.2. The van der Waals surface area contributed by atoms with E-state index in [0.717, 1.165) is 37.3 Å². The molecule has 0 fully saturated rings. The van der Waals surface area contributed by atoms with E-state index < -0.39 is 0 Å². The highest BCUT2D eigenvalue weighted by molar-refractivity contribution is 9.10. The molecule has 112 valence electrons. The number of rotatable bonds is 3. The van der Waals surface area contributed by atoms with Crippen molar-refractivity contribution in [3.63, 3.8) is 0 Å². The van der Waals surface area contributed by atoms with Crippen molar-refractivity contribution in [2.75, 3.05) is 5.32 Å². The van der Waals surface area contributed by atoms with Crippen molar-refractivity contribution in [2.24, 2.45) is 0 Å². The Morgan fingerprint density at radius 3 is 2.82 bits per heavy atom. The number of nitrogens with zero attached hydrogens (tertiary/aromatic N) is 1. The Balaban J connectivity index is 1.84. The second-order valence-corrected chi connectivity index (χ2v) is 6.84. The van der Waals surface area contributed by atoms with Gasteiger partial charge in [-0.05, 0) is 42.8 Å². The van der Waals surface area contributed by atoms with E-state index in [1.807, 2.05) is 49.4 Å². The van der Waals surface area contributed by atoms with Crippen LogP contribution in [0, 0.1) is 6.92 Å². The van der Waals surface area contributed by atoms with Gasteiger partial charge < -0.3 is 5.32 Å². The van der Waals surface area contributed by atoms with Gasteiger partial charge in [0, 0.05) is 10.2 Å². The van der Waals surface area contributed by atoms with E-state index in [4.69, 9.17) is 0 Å². The van der Waals surface area contributed by atoms with Crippen LogP contribution >= 0.6 is 27.3 Å². The Kier molecular flexibility index (Phi) is 4.13. The Hall–Kier alpha value is -1.92. The summed E-state index contributed by atoms with van der Waals surface area (Å²) in [6, 6.07) is 13.1. The van der Waals surface area contributed by atoms with Crippen molar-refractivity contribution >= 4 is 49.1 Å². The first-order valence-corrected chi connectivity index (χ1v) is 8.30. The van der Waals surface area contributed by atoms with E-state index in [0.29, 0.717) is 0 Å². The van der Waals surface area contributed by atoms with Crippen LogP contribution in [0.25, 0.3) is 10.2 Å². The van der Waals surface area contributed by atoms with Crippen LogP contribution in [0.1, 0.15) is 5.56 Å². The monoisotopic (exact) mass is 376 g/mol. The minimum absolute atomic E-state index is 0.0123. The molecule has 0 aliphatic heterocycles. The summed E-state index contributed by atoms with van der Waals surface area (Å²) >= 11 is 4.54. The minimum Gasteiger partial charge on any atom is -0.324 e. The Bertz CT molecular complexity index is 914. The molecule has 6 heteroatoms.